The minimum Gasteiger partial charge on any atom is -0.357 e. The van der Waals surface area contributed by atoms with Gasteiger partial charge in [-0.25, -0.2) is 0 Å². The molecule has 4 nitrogen and oxygen atoms in total. The summed E-state index contributed by atoms with van der Waals surface area (Å²) in [6, 6.07) is 11.3. The largest absolute Gasteiger partial charge is 0.357 e. The molecule has 126 valence electrons. The van der Waals surface area contributed by atoms with Gasteiger partial charge in [0.2, 0.25) is 0 Å². The monoisotopic (exact) mass is 314 g/mol. The molecule has 2 aliphatic rings. The second-order valence-electron chi connectivity index (χ2n) is 6.56. The third-order valence-electron chi connectivity index (χ3n) is 4.92. The number of hydrogen-bond acceptors (Lipinski definition) is 2. The predicted octanol–water partition coefficient (Wildman–Crippen LogP) is 2.88. The summed E-state index contributed by atoms with van der Waals surface area (Å²) in [6.07, 6.45) is 5.22. The number of rotatable bonds is 5. The van der Waals surface area contributed by atoms with E-state index < -0.39 is 0 Å². The lowest BCUT2D eigenvalue weighted by Crippen LogP contribution is -2.40. The fraction of sp³-hybridized carbons (Fsp3) is 0.632. The Morgan fingerprint density at radius 1 is 1.04 bits per heavy atom. The summed E-state index contributed by atoms with van der Waals surface area (Å²) < 4.78 is 0. The van der Waals surface area contributed by atoms with Crippen LogP contribution in [-0.2, 0) is 0 Å². The fourth-order valence-electron chi connectivity index (χ4n) is 3.69. The van der Waals surface area contributed by atoms with Crippen molar-refractivity contribution >= 4 is 5.96 Å². The van der Waals surface area contributed by atoms with Crippen LogP contribution in [0.1, 0.15) is 44.2 Å². The molecule has 23 heavy (non-hydrogen) atoms. The molecule has 1 atom stereocenters. The quantitative estimate of drug-likeness (QED) is 0.670. The van der Waals surface area contributed by atoms with Gasteiger partial charge in [0.1, 0.15) is 0 Å². The van der Waals surface area contributed by atoms with Crippen LogP contribution in [0.5, 0.6) is 0 Å². The van der Waals surface area contributed by atoms with E-state index in [-0.39, 0.29) is 0 Å². The summed E-state index contributed by atoms with van der Waals surface area (Å²) in [7, 11) is 0. The van der Waals surface area contributed by atoms with E-state index in [0.29, 0.717) is 6.04 Å². The molecule has 0 aliphatic carbocycles. The molecule has 0 spiro atoms. The van der Waals surface area contributed by atoms with E-state index in [0.717, 1.165) is 32.1 Å². The molecule has 2 fully saturated rings. The molecule has 1 aromatic rings. The van der Waals surface area contributed by atoms with Gasteiger partial charge in [-0.2, -0.15) is 0 Å². The van der Waals surface area contributed by atoms with E-state index in [1.54, 1.807) is 0 Å². The van der Waals surface area contributed by atoms with Crippen LogP contribution in [0.2, 0.25) is 0 Å². The Kier molecular flexibility index (Phi) is 5.92. The van der Waals surface area contributed by atoms with Gasteiger partial charge in [-0.15, -0.1) is 0 Å². The van der Waals surface area contributed by atoms with Crippen LogP contribution >= 0.6 is 0 Å². The molecule has 0 bridgehead atoms. The van der Waals surface area contributed by atoms with Gasteiger partial charge in [0, 0.05) is 19.6 Å². The summed E-state index contributed by atoms with van der Waals surface area (Å²) >= 11 is 0. The summed E-state index contributed by atoms with van der Waals surface area (Å²) in [6.45, 7) is 8.64. The smallest absolute Gasteiger partial charge is 0.193 e. The Labute approximate surface area is 140 Å². The molecule has 1 unspecified atom stereocenters. The standard InChI is InChI=1S/C19H30N4/c1-2-20-19(23-14-8-9-15-23)21-16-18(22-12-6-7-13-22)17-10-4-3-5-11-17/h3-5,10-11,18H,2,6-9,12-16H2,1H3,(H,20,21). The van der Waals surface area contributed by atoms with Crippen LogP contribution in [0.3, 0.4) is 0 Å². The lowest BCUT2D eigenvalue weighted by atomic mass is 10.1. The average Bonchev–Trinajstić information content (AvgIpc) is 3.29. The maximum atomic E-state index is 5.01. The van der Waals surface area contributed by atoms with Crippen molar-refractivity contribution in [3.05, 3.63) is 35.9 Å². The van der Waals surface area contributed by atoms with Crippen molar-refractivity contribution in [2.45, 2.75) is 38.6 Å². The van der Waals surface area contributed by atoms with Gasteiger partial charge in [-0.05, 0) is 51.3 Å². The van der Waals surface area contributed by atoms with Gasteiger partial charge in [-0.1, -0.05) is 30.3 Å². The van der Waals surface area contributed by atoms with Crippen LogP contribution in [-0.4, -0.2) is 55.0 Å². The number of guanidine groups is 1. The van der Waals surface area contributed by atoms with Crippen molar-refractivity contribution in [2.24, 2.45) is 4.99 Å². The minimum absolute atomic E-state index is 0.412. The lowest BCUT2D eigenvalue weighted by molar-refractivity contribution is 0.251. The molecule has 2 aliphatic heterocycles. The molecule has 0 radical (unpaired) electrons. The highest BCUT2D eigenvalue weighted by Gasteiger charge is 2.24. The summed E-state index contributed by atoms with van der Waals surface area (Å²) in [4.78, 5) is 10.0. The van der Waals surface area contributed by atoms with Crippen LogP contribution in [0.15, 0.2) is 35.3 Å². The highest BCUT2D eigenvalue weighted by atomic mass is 15.3. The SMILES string of the molecule is CCNC(=NCC(c1ccccc1)N1CCCC1)N1CCCC1. The van der Waals surface area contributed by atoms with Gasteiger partial charge < -0.3 is 10.2 Å². The summed E-state index contributed by atoms with van der Waals surface area (Å²) in [5.74, 6) is 1.10. The van der Waals surface area contributed by atoms with E-state index in [4.69, 9.17) is 4.99 Å². The van der Waals surface area contributed by atoms with Crippen LogP contribution in [0, 0.1) is 0 Å². The van der Waals surface area contributed by atoms with Crippen molar-refractivity contribution in [1.29, 1.82) is 0 Å². The third-order valence-corrected chi connectivity index (χ3v) is 4.92. The Hall–Kier alpha value is -1.55. The van der Waals surface area contributed by atoms with E-state index in [9.17, 15) is 0 Å². The summed E-state index contributed by atoms with van der Waals surface area (Å²) in [5.41, 5.74) is 1.40. The first kappa shape index (κ1) is 16.3. The second-order valence-corrected chi connectivity index (χ2v) is 6.56. The van der Waals surface area contributed by atoms with Crippen molar-refractivity contribution in [3.63, 3.8) is 0 Å². The first-order chi connectivity index (χ1) is 11.4. The Morgan fingerprint density at radius 3 is 2.35 bits per heavy atom. The van der Waals surface area contributed by atoms with Crippen LogP contribution in [0.25, 0.3) is 0 Å². The van der Waals surface area contributed by atoms with Crippen molar-refractivity contribution < 1.29 is 0 Å². The molecule has 3 rings (SSSR count). The predicted molar refractivity (Wildman–Crippen MR) is 96.8 cm³/mol. The van der Waals surface area contributed by atoms with E-state index in [1.807, 2.05) is 0 Å². The van der Waals surface area contributed by atoms with Gasteiger partial charge in [0.05, 0.1) is 12.6 Å². The maximum Gasteiger partial charge on any atom is 0.193 e. The fourth-order valence-corrected chi connectivity index (χ4v) is 3.69. The third kappa shape index (κ3) is 4.25. The van der Waals surface area contributed by atoms with E-state index in [2.05, 4.69) is 52.4 Å². The van der Waals surface area contributed by atoms with Gasteiger partial charge in [-0.3, -0.25) is 9.89 Å². The first-order valence-electron chi connectivity index (χ1n) is 9.20. The second kappa shape index (κ2) is 8.34. The highest BCUT2D eigenvalue weighted by Crippen LogP contribution is 2.25. The molecule has 4 heteroatoms. The molecular formula is C19H30N4. The van der Waals surface area contributed by atoms with Crippen molar-refractivity contribution in [2.75, 3.05) is 39.3 Å². The molecule has 2 saturated heterocycles. The van der Waals surface area contributed by atoms with Gasteiger partial charge >= 0.3 is 0 Å². The first-order valence-corrected chi connectivity index (χ1v) is 9.20. The van der Waals surface area contributed by atoms with E-state index >= 15 is 0 Å². The summed E-state index contributed by atoms with van der Waals surface area (Å²) in [5, 5.41) is 3.48. The van der Waals surface area contributed by atoms with E-state index in [1.165, 1.54) is 44.3 Å². The molecular weight excluding hydrogens is 284 g/mol. The topological polar surface area (TPSA) is 30.9 Å². The van der Waals surface area contributed by atoms with Gasteiger partial charge in [0.15, 0.2) is 5.96 Å². The lowest BCUT2D eigenvalue weighted by Gasteiger charge is -2.28. The molecule has 0 saturated carbocycles. The molecule has 1 N–H and O–H groups in total. The van der Waals surface area contributed by atoms with Crippen LogP contribution < -0.4 is 5.32 Å². The number of hydrogen-bond donors (Lipinski definition) is 1. The Balaban J connectivity index is 1.75. The highest BCUT2D eigenvalue weighted by molar-refractivity contribution is 5.80. The normalized spacial score (nSPS) is 20.9. The van der Waals surface area contributed by atoms with Crippen molar-refractivity contribution in [3.8, 4) is 0 Å². The number of benzene rings is 1. The average molecular weight is 314 g/mol. The number of likely N-dealkylation sites (tertiary alicyclic amines) is 2. The molecule has 0 aromatic heterocycles. The number of nitrogens with zero attached hydrogens (tertiary/aromatic N) is 3. The zero-order chi connectivity index (χ0) is 15.9. The zero-order valence-electron chi connectivity index (χ0n) is 14.4. The van der Waals surface area contributed by atoms with Gasteiger partial charge in [0.25, 0.3) is 0 Å². The number of aliphatic imine (C=N–C) groups is 1. The Morgan fingerprint density at radius 2 is 1.70 bits per heavy atom. The molecule has 2 heterocycles. The molecule has 1 aromatic carbocycles. The number of nitrogens with one attached hydrogen (secondary N) is 1. The van der Waals surface area contributed by atoms with Crippen molar-refractivity contribution in [1.82, 2.24) is 15.1 Å². The Bertz CT molecular complexity index is 487. The maximum absolute atomic E-state index is 5.01. The van der Waals surface area contributed by atoms with Crippen LogP contribution in [0.4, 0.5) is 0 Å². The zero-order valence-corrected chi connectivity index (χ0v) is 14.4. The molecule has 0 amide bonds. The minimum atomic E-state index is 0.412.